The van der Waals surface area contributed by atoms with Crippen molar-refractivity contribution in [3.63, 3.8) is 0 Å². The molecule has 1 unspecified atom stereocenters. The van der Waals surface area contributed by atoms with Gasteiger partial charge >= 0.3 is 0 Å². The molecule has 0 saturated heterocycles. The fourth-order valence-electron chi connectivity index (χ4n) is 1.10. The van der Waals surface area contributed by atoms with Gasteiger partial charge in [-0.1, -0.05) is 12.2 Å². The van der Waals surface area contributed by atoms with E-state index in [1.165, 1.54) is 5.57 Å². The molecule has 0 aromatic heterocycles. The highest BCUT2D eigenvalue weighted by atomic mass is 16.5. The lowest BCUT2D eigenvalue weighted by molar-refractivity contribution is 0.119. The van der Waals surface area contributed by atoms with Crippen molar-refractivity contribution in [2.45, 2.75) is 25.9 Å². The Hall–Kier alpha value is -0.560. The molecule has 0 aromatic carbocycles. The summed E-state index contributed by atoms with van der Waals surface area (Å²) in [5.74, 6) is 0. The molecule has 1 heterocycles. The van der Waals surface area contributed by atoms with Crippen LogP contribution in [0.2, 0.25) is 0 Å². The Morgan fingerprint density at radius 2 is 2.70 bits per heavy atom. The van der Waals surface area contributed by atoms with Gasteiger partial charge in [-0.2, -0.15) is 0 Å². The summed E-state index contributed by atoms with van der Waals surface area (Å²) < 4.78 is 5.43. The van der Waals surface area contributed by atoms with Crippen molar-refractivity contribution in [3.8, 4) is 0 Å². The Morgan fingerprint density at radius 1 is 1.90 bits per heavy atom. The highest BCUT2D eigenvalue weighted by Gasteiger charge is 2.11. The second-order valence-electron chi connectivity index (χ2n) is 2.73. The van der Waals surface area contributed by atoms with Gasteiger partial charge < -0.3 is 4.74 Å². The van der Waals surface area contributed by atoms with Gasteiger partial charge in [0.2, 0.25) is 0 Å². The summed E-state index contributed by atoms with van der Waals surface area (Å²) in [5, 5.41) is 0. The normalized spacial score (nSPS) is 24.5. The van der Waals surface area contributed by atoms with Crippen LogP contribution in [0.15, 0.2) is 24.3 Å². The molecule has 0 aliphatic carbocycles. The predicted molar refractivity (Wildman–Crippen MR) is 42.9 cm³/mol. The third-order valence-electron chi connectivity index (χ3n) is 1.65. The summed E-state index contributed by atoms with van der Waals surface area (Å²) in [6.45, 7) is 6.59. The molecule has 1 heteroatoms. The van der Waals surface area contributed by atoms with Gasteiger partial charge in [0.15, 0.2) is 0 Å². The molecule has 0 aromatic rings. The topological polar surface area (TPSA) is 9.23 Å². The molecule has 0 N–H and O–H groups in total. The minimum absolute atomic E-state index is 0.359. The van der Waals surface area contributed by atoms with Crippen molar-refractivity contribution in [2.75, 3.05) is 6.61 Å². The van der Waals surface area contributed by atoms with E-state index in [9.17, 15) is 0 Å². The van der Waals surface area contributed by atoms with Crippen molar-refractivity contribution in [1.29, 1.82) is 0 Å². The van der Waals surface area contributed by atoms with E-state index in [0.717, 1.165) is 19.4 Å². The van der Waals surface area contributed by atoms with Crippen molar-refractivity contribution in [3.05, 3.63) is 24.3 Å². The van der Waals surface area contributed by atoms with Crippen LogP contribution in [0.4, 0.5) is 0 Å². The molecule has 0 amide bonds. The first-order valence-corrected chi connectivity index (χ1v) is 3.72. The van der Waals surface area contributed by atoms with Crippen LogP contribution < -0.4 is 0 Å². The molecular weight excluding hydrogens is 124 g/mol. The molecule has 0 saturated carbocycles. The maximum absolute atomic E-state index is 5.43. The number of rotatable bonds is 3. The molecule has 0 bridgehead atoms. The van der Waals surface area contributed by atoms with Gasteiger partial charge in [-0.05, 0) is 25.3 Å². The third-order valence-corrected chi connectivity index (χ3v) is 1.65. The second-order valence-corrected chi connectivity index (χ2v) is 2.73. The van der Waals surface area contributed by atoms with Crippen LogP contribution in [0.3, 0.4) is 0 Å². The SMILES string of the molecule is C=CCCC1C=C(C)CO1. The van der Waals surface area contributed by atoms with Crippen molar-refractivity contribution < 1.29 is 4.74 Å². The Kier molecular flexibility index (Phi) is 2.69. The fraction of sp³-hybridized carbons (Fsp3) is 0.556. The van der Waals surface area contributed by atoms with Gasteiger partial charge in [0.05, 0.1) is 12.7 Å². The van der Waals surface area contributed by atoms with E-state index in [2.05, 4.69) is 19.6 Å². The first-order chi connectivity index (χ1) is 4.83. The molecule has 1 aliphatic heterocycles. The van der Waals surface area contributed by atoms with Gasteiger partial charge in [-0.15, -0.1) is 6.58 Å². The molecule has 1 atom stereocenters. The highest BCUT2D eigenvalue weighted by Crippen LogP contribution is 2.15. The van der Waals surface area contributed by atoms with E-state index in [1.807, 2.05) is 6.08 Å². The minimum Gasteiger partial charge on any atom is -0.370 e. The fourth-order valence-corrected chi connectivity index (χ4v) is 1.10. The molecular formula is C9H14O. The lowest BCUT2D eigenvalue weighted by Gasteiger charge is -2.03. The standard InChI is InChI=1S/C9H14O/c1-3-4-5-9-6-8(2)7-10-9/h3,6,9H,1,4-5,7H2,2H3. The molecule has 1 nitrogen and oxygen atoms in total. The molecule has 56 valence electrons. The van der Waals surface area contributed by atoms with Gasteiger partial charge in [0, 0.05) is 0 Å². The lowest BCUT2D eigenvalue weighted by Crippen LogP contribution is -2.02. The van der Waals surface area contributed by atoms with Crippen LogP contribution in [-0.4, -0.2) is 12.7 Å². The van der Waals surface area contributed by atoms with E-state index in [0.29, 0.717) is 6.10 Å². The van der Waals surface area contributed by atoms with Crippen LogP contribution in [0.25, 0.3) is 0 Å². The zero-order chi connectivity index (χ0) is 7.40. The summed E-state index contributed by atoms with van der Waals surface area (Å²) in [6.07, 6.45) is 6.63. The zero-order valence-corrected chi connectivity index (χ0v) is 6.47. The quantitative estimate of drug-likeness (QED) is 0.544. The van der Waals surface area contributed by atoms with Crippen LogP contribution in [0.5, 0.6) is 0 Å². The molecule has 0 radical (unpaired) electrons. The average molecular weight is 138 g/mol. The van der Waals surface area contributed by atoms with Gasteiger partial charge in [0.1, 0.15) is 0 Å². The van der Waals surface area contributed by atoms with Crippen LogP contribution >= 0.6 is 0 Å². The maximum atomic E-state index is 5.43. The number of hydrogen-bond acceptors (Lipinski definition) is 1. The third kappa shape index (κ3) is 1.99. The summed E-state index contributed by atoms with van der Waals surface area (Å²) in [5.41, 5.74) is 1.36. The summed E-state index contributed by atoms with van der Waals surface area (Å²) in [4.78, 5) is 0. The Labute approximate surface area is 62.4 Å². The first-order valence-electron chi connectivity index (χ1n) is 3.72. The Morgan fingerprint density at radius 3 is 3.20 bits per heavy atom. The van der Waals surface area contributed by atoms with E-state index in [4.69, 9.17) is 4.74 Å². The van der Waals surface area contributed by atoms with Gasteiger partial charge in [-0.25, -0.2) is 0 Å². The number of hydrogen-bond donors (Lipinski definition) is 0. The van der Waals surface area contributed by atoms with Crippen molar-refractivity contribution in [1.82, 2.24) is 0 Å². The first kappa shape index (κ1) is 7.55. The van der Waals surface area contributed by atoms with Gasteiger partial charge in [0.25, 0.3) is 0 Å². The van der Waals surface area contributed by atoms with E-state index >= 15 is 0 Å². The molecule has 0 spiro atoms. The minimum atomic E-state index is 0.359. The predicted octanol–water partition coefficient (Wildman–Crippen LogP) is 2.30. The summed E-state index contributed by atoms with van der Waals surface area (Å²) >= 11 is 0. The van der Waals surface area contributed by atoms with Crippen LogP contribution in [-0.2, 0) is 4.74 Å². The van der Waals surface area contributed by atoms with E-state index in [-0.39, 0.29) is 0 Å². The van der Waals surface area contributed by atoms with Crippen LogP contribution in [0.1, 0.15) is 19.8 Å². The maximum Gasteiger partial charge on any atom is 0.0766 e. The zero-order valence-electron chi connectivity index (χ0n) is 6.47. The van der Waals surface area contributed by atoms with Crippen molar-refractivity contribution in [2.24, 2.45) is 0 Å². The summed E-state index contributed by atoms with van der Waals surface area (Å²) in [7, 11) is 0. The average Bonchev–Trinajstić information content (AvgIpc) is 2.31. The van der Waals surface area contributed by atoms with Gasteiger partial charge in [-0.3, -0.25) is 0 Å². The largest absolute Gasteiger partial charge is 0.370 e. The molecule has 10 heavy (non-hydrogen) atoms. The van der Waals surface area contributed by atoms with E-state index in [1.54, 1.807) is 0 Å². The molecule has 1 rings (SSSR count). The number of allylic oxidation sites excluding steroid dienone is 1. The highest BCUT2D eigenvalue weighted by molar-refractivity contribution is 5.07. The van der Waals surface area contributed by atoms with Crippen molar-refractivity contribution >= 4 is 0 Å². The lowest BCUT2D eigenvalue weighted by atomic mass is 10.2. The Bertz CT molecular complexity index is 147. The number of ether oxygens (including phenoxy) is 1. The molecule has 1 aliphatic rings. The molecule has 0 fully saturated rings. The Balaban J connectivity index is 2.24. The monoisotopic (exact) mass is 138 g/mol. The smallest absolute Gasteiger partial charge is 0.0766 e. The summed E-state index contributed by atoms with van der Waals surface area (Å²) in [6, 6.07) is 0. The second kappa shape index (κ2) is 3.57. The van der Waals surface area contributed by atoms with E-state index < -0.39 is 0 Å². The van der Waals surface area contributed by atoms with Crippen LogP contribution in [0, 0.1) is 0 Å².